The molecule has 0 spiro atoms. The molecule has 0 saturated heterocycles. The molecule has 4 nitrogen and oxygen atoms in total. The predicted molar refractivity (Wildman–Crippen MR) is 63.7 cm³/mol. The standard InChI is InChI=1S/C10H9BrN2O2S/c1-8-2-4-9(5-3-8)16(14,15)13-7-6-12-10(13)11/h2-7H,1H3. The fraction of sp³-hybridized carbons (Fsp3) is 0.100. The Morgan fingerprint density at radius 3 is 2.38 bits per heavy atom. The van der Waals surface area contributed by atoms with Crippen molar-refractivity contribution in [1.82, 2.24) is 8.96 Å². The summed E-state index contributed by atoms with van der Waals surface area (Å²) < 4.78 is 25.6. The number of benzene rings is 1. The monoisotopic (exact) mass is 300 g/mol. The van der Waals surface area contributed by atoms with E-state index in [9.17, 15) is 8.42 Å². The summed E-state index contributed by atoms with van der Waals surface area (Å²) in [6.07, 6.45) is 2.83. The van der Waals surface area contributed by atoms with Gasteiger partial charge in [-0.25, -0.2) is 17.4 Å². The molecule has 0 aliphatic carbocycles. The highest BCUT2D eigenvalue weighted by molar-refractivity contribution is 9.10. The predicted octanol–water partition coefficient (Wildman–Crippen LogP) is 2.19. The molecule has 0 bridgehead atoms. The highest BCUT2D eigenvalue weighted by Crippen LogP contribution is 2.18. The number of nitrogens with zero attached hydrogens (tertiary/aromatic N) is 2. The van der Waals surface area contributed by atoms with Gasteiger partial charge in [-0.05, 0) is 35.0 Å². The molecule has 6 heteroatoms. The van der Waals surface area contributed by atoms with E-state index in [0.717, 1.165) is 9.54 Å². The molecule has 0 atom stereocenters. The van der Waals surface area contributed by atoms with Gasteiger partial charge < -0.3 is 0 Å². The Labute approximate surface area is 102 Å². The zero-order valence-corrected chi connectivity index (χ0v) is 10.9. The fourth-order valence-electron chi connectivity index (χ4n) is 1.28. The summed E-state index contributed by atoms with van der Waals surface area (Å²) in [5.74, 6) is 0. The minimum absolute atomic E-state index is 0.247. The van der Waals surface area contributed by atoms with E-state index >= 15 is 0 Å². The summed E-state index contributed by atoms with van der Waals surface area (Å²) >= 11 is 3.09. The van der Waals surface area contributed by atoms with Crippen molar-refractivity contribution < 1.29 is 8.42 Å². The van der Waals surface area contributed by atoms with E-state index in [1.807, 2.05) is 6.92 Å². The van der Waals surface area contributed by atoms with E-state index in [1.165, 1.54) is 12.4 Å². The molecule has 0 N–H and O–H groups in total. The van der Waals surface area contributed by atoms with Gasteiger partial charge in [-0.1, -0.05) is 17.7 Å². The Bertz CT molecular complexity index is 602. The first kappa shape index (κ1) is 11.3. The van der Waals surface area contributed by atoms with Crippen LogP contribution in [-0.4, -0.2) is 17.4 Å². The molecule has 2 rings (SSSR count). The zero-order chi connectivity index (χ0) is 11.8. The van der Waals surface area contributed by atoms with Crippen LogP contribution in [0.15, 0.2) is 46.3 Å². The van der Waals surface area contributed by atoms with Crippen molar-refractivity contribution in [2.75, 3.05) is 0 Å². The SMILES string of the molecule is Cc1ccc(S(=O)(=O)n2ccnc2Br)cc1. The molecule has 1 heterocycles. The summed E-state index contributed by atoms with van der Waals surface area (Å²) in [5.41, 5.74) is 1.02. The van der Waals surface area contributed by atoms with Gasteiger partial charge in [0.15, 0.2) is 4.73 Å². The minimum atomic E-state index is -3.54. The van der Waals surface area contributed by atoms with Crippen LogP contribution in [0.2, 0.25) is 0 Å². The van der Waals surface area contributed by atoms with Gasteiger partial charge in [-0.15, -0.1) is 0 Å². The number of halogens is 1. The smallest absolute Gasteiger partial charge is 0.230 e. The van der Waals surface area contributed by atoms with Crippen LogP contribution in [0.25, 0.3) is 0 Å². The van der Waals surface area contributed by atoms with Gasteiger partial charge in [0.25, 0.3) is 10.0 Å². The number of imidazole rings is 1. The quantitative estimate of drug-likeness (QED) is 0.854. The Kier molecular flexibility index (Phi) is 2.86. The summed E-state index contributed by atoms with van der Waals surface area (Å²) in [4.78, 5) is 4.07. The first-order valence-electron chi connectivity index (χ1n) is 4.53. The molecule has 0 unspecified atom stereocenters. The van der Waals surface area contributed by atoms with Crippen LogP contribution < -0.4 is 0 Å². The van der Waals surface area contributed by atoms with Crippen LogP contribution in [-0.2, 0) is 10.0 Å². The van der Waals surface area contributed by atoms with Crippen molar-refractivity contribution in [3.63, 3.8) is 0 Å². The van der Waals surface area contributed by atoms with Crippen LogP contribution in [0.3, 0.4) is 0 Å². The lowest BCUT2D eigenvalue weighted by Crippen LogP contribution is -2.12. The molecular weight excluding hydrogens is 292 g/mol. The van der Waals surface area contributed by atoms with Crippen LogP contribution in [0.5, 0.6) is 0 Å². The molecule has 0 amide bonds. The van der Waals surface area contributed by atoms with Crippen molar-refractivity contribution in [1.29, 1.82) is 0 Å². The molecule has 84 valence electrons. The van der Waals surface area contributed by atoms with E-state index < -0.39 is 10.0 Å². The largest absolute Gasteiger partial charge is 0.269 e. The molecular formula is C10H9BrN2O2S. The lowest BCUT2D eigenvalue weighted by Gasteiger charge is -2.06. The minimum Gasteiger partial charge on any atom is -0.230 e. The molecule has 1 aromatic heterocycles. The van der Waals surface area contributed by atoms with Crippen LogP contribution in [0.1, 0.15) is 5.56 Å². The first-order chi connectivity index (χ1) is 7.51. The Morgan fingerprint density at radius 2 is 1.88 bits per heavy atom. The lowest BCUT2D eigenvalue weighted by atomic mass is 10.2. The highest BCUT2D eigenvalue weighted by Gasteiger charge is 2.18. The van der Waals surface area contributed by atoms with Gasteiger partial charge in [-0.3, -0.25) is 0 Å². The van der Waals surface area contributed by atoms with E-state index in [1.54, 1.807) is 24.3 Å². The second-order valence-electron chi connectivity index (χ2n) is 3.31. The third-order valence-corrected chi connectivity index (χ3v) is 4.64. The fourth-order valence-corrected chi connectivity index (χ4v) is 3.25. The number of rotatable bonds is 2. The molecule has 0 aliphatic heterocycles. The molecule has 0 saturated carbocycles. The van der Waals surface area contributed by atoms with E-state index in [-0.39, 0.29) is 9.63 Å². The molecule has 16 heavy (non-hydrogen) atoms. The summed E-state index contributed by atoms with van der Waals surface area (Å²) in [5, 5.41) is 0. The van der Waals surface area contributed by atoms with Crippen LogP contribution >= 0.6 is 15.9 Å². The average molecular weight is 301 g/mol. The number of aryl methyl sites for hydroxylation is 1. The molecule has 0 fully saturated rings. The van der Waals surface area contributed by atoms with Gasteiger partial charge in [-0.2, -0.15) is 0 Å². The zero-order valence-electron chi connectivity index (χ0n) is 8.46. The Hall–Kier alpha value is -1.14. The number of hydrogen-bond acceptors (Lipinski definition) is 3. The van der Waals surface area contributed by atoms with Crippen molar-refractivity contribution in [3.8, 4) is 0 Å². The summed E-state index contributed by atoms with van der Waals surface area (Å²) in [6.45, 7) is 1.91. The highest BCUT2D eigenvalue weighted by atomic mass is 79.9. The first-order valence-corrected chi connectivity index (χ1v) is 6.76. The van der Waals surface area contributed by atoms with Crippen LogP contribution in [0, 0.1) is 6.92 Å². The number of aromatic nitrogens is 2. The van der Waals surface area contributed by atoms with Gasteiger partial charge in [0.05, 0.1) is 4.90 Å². The van der Waals surface area contributed by atoms with Gasteiger partial charge in [0, 0.05) is 12.4 Å². The molecule has 0 radical (unpaired) electrons. The second kappa shape index (κ2) is 4.03. The van der Waals surface area contributed by atoms with Crippen LogP contribution in [0.4, 0.5) is 0 Å². The van der Waals surface area contributed by atoms with E-state index in [2.05, 4.69) is 20.9 Å². The lowest BCUT2D eigenvalue weighted by molar-refractivity contribution is 0.586. The van der Waals surface area contributed by atoms with Crippen molar-refractivity contribution in [2.24, 2.45) is 0 Å². The maximum atomic E-state index is 12.1. The maximum absolute atomic E-state index is 12.1. The van der Waals surface area contributed by atoms with Crippen molar-refractivity contribution in [3.05, 3.63) is 47.0 Å². The van der Waals surface area contributed by atoms with Crippen molar-refractivity contribution in [2.45, 2.75) is 11.8 Å². The molecule has 0 aliphatic rings. The third-order valence-electron chi connectivity index (χ3n) is 2.14. The Balaban J connectivity index is 2.56. The second-order valence-corrected chi connectivity index (χ2v) is 5.83. The topological polar surface area (TPSA) is 52.0 Å². The third kappa shape index (κ3) is 1.90. The van der Waals surface area contributed by atoms with Crippen molar-refractivity contribution >= 4 is 26.0 Å². The molecule has 2 aromatic rings. The number of hydrogen-bond donors (Lipinski definition) is 0. The Morgan fingerprint density at radius 1 is 1.25 bits per heavy atom. The van der Waals surface area contributed by atoms with E-state index in [0.29, 0.717) is 0 Å². The van der Waals surface area contributed by atoms with Gasteiger partial charge in [0.2, 0.25) is 0 Å². The van der Waals surface area contributed by atoms with Gasteiger partial charge >= 0.3 is 0 Å². The van der Waals surface area contributed by atoms with E-state index in [4.69, 9.17) is 0 Å². The normalized spacial score (nSPS) is 11.6. The summed E-state index contributed by atoms with van der Waals surface area (Å²) in [7, 11) is -3.54. The average Bonchev–Trinajstić information content (AvgIpc) is 2.66. The van der Waals surface area contributed by atoms with Gasteiger partial charge in [0.1, 0.15) is 0 Å². The maximum Gasteiger partial charge on any atom is 0.269 e. The molecule has 1 aromatic carbocycles. The summed E-state index contributed by atoms with van der Waals surface area (Å²) in [6, 6.07) is 6.68.